The average Bonchev–Trinajstić information content (AvgIpc) is 2.78. The van der Waals surface area contributed by atoms with Gasteiger partial charge in [-0.05, 0) is 24.6 Å². The smallest absolute Gasteiger partial charge is 0.140 e. The fourth-order valence-corrected chi connectivity index (χ4v) is 1.90. The second kappa shape index (κ2) is 5.63. The van der Waals surface area contributed by atoms with E-state index in [1.807, 2.05) is 23.8 Å². The van der Waals surface area contributed by atoms with E-state index in [9.17, 15) is 4.39 Å². The van der Waals surface area contributed by atoms with E-state index in [0.29, 0.717) is 6.54 Å². The van der Waals surface area contributed by atoms with Gasteiger partial charge < -0.3 is 10.3 Å². The zero-order valence-electron chi connectivity index (χ0n) is 10.7. The first kappa shape index (κ1) is 13.2. The number of halogens is 1. The van der Waals surface area contributed by atoms with E-state index in [2.05, 4.69) is 4.98 Å². The molecular weight excluding hydrogens is 243 g/mol. The van der Waals surface area contributed by atoms with Crippen molar-refractivity contribution in [2.45, 2.75) is 25.9 Å². The first-order valence-corrected chi connectivity index (χ1v) is 6.03. The summed E-state index contributed by atoms with van der Waals surface area (Å²) in [5, 5.41) is 8.79. The molecule has 19 heavy (non-hydrogen) atoms. The van der Waals surface area contributed by atoms with E-state index < -0.39 is 5.82 Å². The molecule has 0 radical (unpaired) electrons. The van der Waals surface area contributed by atoms with Crippen LogP contribution < -0.4 is 5.73 Å². The Hall–Kier alpha value is -2.19. The average molecular weight is 258 g/mol. The van der Waals surface area contributed by atoms with Crippen molar-refractivity contribution < 1.29 is 4.39 Å². The van der Waals surface area contributed by atoms with Gasteiger partial charge in [-0.25, -0.2) is 9.37 Å². The molecule has 2 N–H and O–H groups in total. The first-order valence-electron chi connectivity index (χ1n) is 6.03. The van der Waals surface area contributed by atoms with E-state index in [1.165, 1.54) is 6.07 Å². The summed E-state index contributed by atoms with van der Waals surface area (Å²) in [4.78, 5) is 4.26. The van der Waals surface area contributed by atoms with Crippen molar-refractivity contribution in [1.82, 2.24) is 9.55 Å². The van der Waals surface area contributed by atoms with Crippen molar-refractivity contribution in [3.63, 3.8) is 0 Å². The summed E-state index contributed by atoms with van der Waals surface area (Å²) in [6.45, 7) is 2.49. The van der Waals surface area contributed by atoms with Crippen LogP contribution in [-0.4, -0.2) is 15.6 Å². The van der Waals surface area contributed by atoms with Crippen molar-refractivity contribution in [3.8, 4) is 6.07 Å². The molecule has 0 spiro atoms. The van der Waals surface area contributed by atoms with Gasteiger partial charge in [0.15, 0.2) is 0 Å². The van der Waals surface area contributed by atoms with Gasteiger partial charge in [-0.15, -0.1) is 0 Å². The maximum atomic E-state index is 13.2. The third-order valence-electron chi connectivity index (χ3n) is 2.73. The Morgan fingerprint density at radius 1 is 1.53 bits per heavy atom. The molecular formula is C14H15FN4. The van der Waals surface area contributed by atoms with Crippen molar-refractivity contribution >= 4 is 0 Å². The molecule has 0 aliphatic heterocycles. The lowest BCUT2D eigenvalue weighted by Crippen LogP contribution is -2.17. The Balaban J connectivity index is 2.13. The minimum atomic E-state index is -0.491. The molecule has 4 nitrogen and oxygen atoms in total. The number of aromatic nitrogens is 2. The van der Waals surface area contributed by atoms with E-state index in [1.54, 1.807) is 18.5 Å². The Morgan fingerprint density at radius 2 is 2.32 bits per heavy atom. The minimum Gasteiger partial charge on any atom is -0.333 e. The Labute approximate surface area is 111 Å². The Kier molecular flexibility index (Phi) is 3.93. The fourth-order valence-electron chi connectivity index (χ4n) is 1.90. The van der Waals surface area contributed by atoms with Crippen LogP contribution in [0, 0.1) is 17.1 Å². The van der Waals surface area contributed by atoms with Crippen molar-refractivity contribution in [2.75, 3.05) is 0 Å². The highest BCUT2D eigenvalue weighted by Gasteiger charge is 2.05. The van der Waals surface area contributed by atoms with Crippen LogP contribution in [-0.2, 0) is 13.0 Å². The van der Waals surface area contributed by atoms with Crippen LogP contribution in [0.15, 0.2) is 30.7 Å². The summed E-state index contributed by atoms with van der Waals surface area (Å²) in [5.74, 6) is -0.491. The molecule has 1 aromatic carbocycles. The van der Waals surface area contributed by atoms with Crippen LogP contribution in [0.3, 0.4) is 0 Å². The number of hydrogen-bond acceptors (Lipinski definition) is 3. The molecule has 1 aromatic heterocycles. The predicted octanol–water partition coefficient (Wildman–Crippen LogP) is 1.83. The highest BCUT2D eigenvalue weighted by atomic mass is 19.1. The standard InChI is InChI=1S/C14H15FN4/c1-10(17)4-13-8-19(9-18-13)7-11-2-3-14(15)12(5-11)6-16/h2-3,5,8-10H,4,7,17H2,1H3. The van der Waals surface area contributed by atoms with Crippen LogP contribution >= 0.6 is 0 Å². The van der Waals surface area contributed by atoms with Crippen LogP contribution in [0.1, 0.15) is 23.7 Å². The quantitative estimate of drug-likeness (QED) is 0.909. The molecule has 0 saturated carbocycles. The summed E-state index contributed by atoms with van der Waals surface area (Å²) in [6.07, 6.45) is 4.35. The minimum absolute atomic E-state index is 0.0634. The molecule has 0 aliphatic carbocycles. The zero-order valence-corrected chi connectivity index (χ0v) is 10.7. The lowest BCUT2D eigenvalue weighted by atomic mass is 10.1. The normalized spacial score (nSPS) is 12.1. The second-order valence-corrected chi connectivity index (χ2v) is 4.64. The SMILES string of the molecule is CC(N)Cc1cn(Cc2ccc(F)c(C#N)c2)cn1. The van der Waals surface area contributed by atoms with Crippen LogP contribution in [0.5, 0.6) is 0 Å². The molecule has 0 fully saturated rings. The Morgan fingerprint density at radius 3 is 3.00 bits per heavy atom. The fraction of sp³-hybridized carbons (Fsp3) is 0.286. The van der Waals surface area contributed by atoms with Gasteiger partial charge in [-0.3, -0.25) is 0 Å². The molecule has 0 bridgehead atoms. The number of nitriles is 1. The number of nitrogens with two attached hydrogens (primary N) is 1. The van der Waals surface area contributed by atoms with E-state index in [4.69, 9.17) is 11.0 Å². The van der Waals surface area contributed by atoms with E-state index in [0.717, 1.165) is 17.7 Å². The van der Waals surface area contributed by atoms with Gasteiger partial charge in [0.2, 0.25) is 0 Å². The van der Waals surface area contributed by atoms with Crippen LogP contribution in [0.25, 0.3) is 0 Å². The zero-order chi connectivity index (χ0) is 13.8. The molecule has 1 heterocycles. The molecule has 0 aliphatic rings. The van der Waals surface area contributed by atoms with Gasteiger partial charge in [-0.2, -0.15) is 5.26 Å². The first-order chi connectivity index (χ1) is 9.08. The molecule has 2 rings (SSSR count). The summed E-state index contributed by atoms with van der Waals surface area (Å²) < 4.78 is 15.1. The topological polar surface area (TPSA) is 67.6 Å². The lowest BCUT2D eigenvalue weighted by molar-refractivity contribution is 0.622. The van der Waals surface area contributed by atoms with Gasteiger partial charge >= 0.3 is 0 Å². The third-order valence-corrected chi connectivity index (χ3v) is 2.73. The second-order valence-electron chi connectivity index (χ2n) is 4.64. The van der Waals surface area contributed by atoms with Crippen molar-refractivity contribution in [2.24, 2.45) is 5.73 Å². The van der Waals surface area contributed by atoms with Crippen molar-refractivity contribution in [3.05, 3.63) is 53.4 Å². The number of imidazole rings is 1. The summed E-state index contributed by atoms with van der Waals surface area (Å²) >= 11 is 0. The monoisotopic (exact) mass is 258 g/mol. The van der Waals surface area contributed by atoms with E-state index in [-0.39, 0.29) is 11.6 Å². The van der Waals surface area contributed by atoms with Crippen LogP contribution in [0.4, 0.5) is 4.39 Å². The molecule has 1 unspecified atom stereocenters. The number of hydrogen-bond donors (Lipinski definition) is 1. The van der Waals surface area contributed by atoms with Crippen molar-refractivity contribution in [1.29, 1.82) is 5.26 Å². The number of rotatable bonds is 4. The van der Waals surface area contributed by atoms with Gasteiger partial charge in [0, 0.05) is 25.2 Å². The van der Waals surface area contributed by atoms with Gasteiger partial charge in [0.25, 0.3) is 0 Å². The summed E-state index contributed by atoms with van der Waals surface area (Å²) in [5.41, 5.74) is 7.57. The summed E-state index contributed by atoms with van der Waals surface area (Å²) in [7, 11) is 0. The maximum absolute atomic E-state index is 13.2. The summed E-state index contributed by atoms with van der Waals surface area (Å²) in [6, 6.07) is 6.44. The molecule has 0 saturated heterocycles. The van der Waals surface area contributed by atoms with Gasteiger partial charge in [-0.1, -0.05) is 6.07 Å². The molecule has 1 atom stereocenters. The predicted molar refractivity (Wildman–Crippen MR) is 69.8 cm³/mol. The molecule has 2 aromatic rings. The lowest BCUT2D eigenvalue weighted by Gasteiger charge is -2.04. The van der Waals surface area contributed by atoms with Gasteiger partial charge in [0.05, 0.1) is 17.6 Å². The number of nitrogens with zero attached hydrogens (tertiary/aromatic N) is 3. The Bertz CT molecular complexity index is 610. The molecule has 98 valence electrons. The van der Waals surface area contributed by atoms with Crippen LogP contribution in [0.2, 0.25) is 0 Å². The highest BCUT2D eigenvalue weighted by molar-refractivity contribution is 5.34. The third kappa shape index (κ3) is 3.39. The highest BCUT2D eigenvalue weighted by Crippen LogP contribution is 2.11. The maximum Gasteiger partial charge on any atom is 0.140 e. The van der Waals surface area contributed by atoms with E-state index >= 15 is 0 Å². The van der Waals surface area contributed by atoms with Gasteiger partial charge in [0.1, 0.15) is 11.9 Å². The largest absolute Gasteiger partial charge is 0.333 e. The molecule has 5 heteroatoms. The molecule has 0 amide bonds. The number of benzene rings is 1.